The molecule has 6 nitrogen and oxygen atoms in total. The Balaban J connectivity index is 3.96. The van der Waals surface area contributed by atoms with Gasteiger partial charge in [-0.2, -0.15) is 0 Å². The number of amides is 1. The van der Waals surface area contributed by atoms with Gasteiger partial charge < -0.3 is 9.84 Å². The SMILES string of the molecule is COCCN(CCO)CC(C)C(=O)NN. The van der Waals surface area contributed by atoms with Crippen LogP contribution >= 0.6 is 0 Å². The van der Waals surface area contributed by atoms with Gasteiger partial charge in [-0.05, 0) is 0 Å². The highest BCUT2D eigenvalue weighted by molar-refractivity contribution is 5.77. The van der Waals surface area contributed by atoms with Crippen LogP contribution in [0.15, 0.2) is 0 Å². The van der Waals surface area contributed by atoms with Crippen LogP contribution in [0.5, 0.6) is 0 Å². The number of hydrazine groups is 1. The van der Waals surface area contributed by atoms with Crippen LogP contribution in [0.1, 0.15) is 6.92 Å². The quantitative estimate of drug-likeness (QED) is 0.264. The number of nitrogens with one attached hydrogen (secondary N) is 1. The van der Waals surface area contributed by atoms with Gasteiger partial charge in [0.25, 0.3) is 0 Å². The van der Waals surface area contributed by atoms with Crippen molar-refractivity contribution in [3.8, 4) is 0 Å². The maximum absolute atomic E-state index is 11.2. The second-order valence-electron chi connectivity index (χ2n) is 3.43. The topological polar surface area (TPSA) is 87.8 Å². The molecule has 0 saturated carbocycles. The molecule has 0 bridgehead atoms. The molecule has 6 heteroatoms. The molecule has 0 rings (SSSR count). The van der Waals surface area contributed by atoms with E-state index in [-0.39, 0.29) is 18.4 Å². The highest BCUT2D eigenvalue weighted by Crippen LogP contribution is 1.99. The predicted molar refractivity (Wildman–Crippen MR) is 56.9 cm³/mol. The number of nitrogens with zero attached hydrogens (tertiary/aromatic N) is 1. The molecule has 0 fully saturated rings. The summed E-state index contributed by atoms with van der Waals surface area (Å²) in [7, 11) is 1.62. The number of hydrogen-bond donors (Lipinski definition) is 3. The van der Waals surface area contributed by atoms with Gasteiger partial charge in [0, 0.05) is 32.7 Å². The predicted octanol–water partition coefficient (Wildman–Crippen LogP) is -1.45. The first-order chi connectivity index (χ1) is 7.15. The van der Waals surface area contributed by atoms with Crippen molar-refractivity contribution in [1.29, 1.82) is 0 Å². The molecule has 15 heavy (non-hydrogen) atoms. The van der Waals surface area contributed by atoms with Crippen LogP contribution in [0.4, 0.5) is 0 Å². The van der Waals surface area contributed by atoms with Crippen molar-refractivity contribution in [1.82, 2.24) is 10.3 Å². The number of aliphatic hydroxyl groups is 1. The fourth-order valence-electron chi connectivity index (χ4n) is 1.27. The van der Waals surface area contributed by atoms with Crippen LogP contribution in [-0.4, -0.2) is 55.9 Å². The van der Waals surface area contributed by atoms with Crippen molar-refractivity contribution < 1.29 is 14.6 Å². The van der Waals surface area contributed by atoms with E-state index in [9.17, 15) is 4.79 Å². The van der Waals surface area contributed by atoms with Crippen LogP contribution in [0, 0.1) is 5.92 Å². The van der Waals surface area contributed by atoms with Gasteiger partial charge in [0.15, 0.2) is 0 Å². The molecule has 1 amide bonds. The van der Waals surface area contributed by atoms with Crippen LogP contribution < -0.4 is 11.3 Å². The number of hydrogen-bond acceptors (Lipinski definition) is 5. The number of carbonyl (C=O) groups is 1. The van der Waals surface area contributed by atoms with Crippen molar-refractivity contribution in [2.45, 2.75) is 6.92 Å². The molecule has 0 aromatic rings. The zero-order valence-electron chi connectivity index (χ0n) is 9.40. The van der Waals surface area contributed by atoms with Crippen molar-refractivity contribution in [2.75, 3.05) is 40.0 Å². The van der Waals surface area contributed by atoms with Gasteiger partial charge in [-0.15, -0.1) is 0 Å². The first-order valence-electron chi connectivity index (χ1n) is 4.98. The molecule has 1 atom stereocenters. The second kappa shape index (κ2) is 8.60. The van der Waals surface area contributed by atoms with Gasteiger partial charge in [0.05, 0.1) is 13.2 Å². The summed E-state index contributed by atoms with van der Waals surface area (Å²) in [6.45, 7) is 4.23. The fraction of sp³-hybridized carbons (Fsp3) is 0.889. The van der Waals surface area contributed by atoms with E-state index in [1.165, 1.54) is 0 Å². The molecule has 0 aliphatic carbocycles. The molecule has 4 N–H and O–H groups in total. The molecule has 0 aliphatic heterocycles. The van der Waals surface area contributed by atoms with Gasteiger partial charge >= 0.3 is 0 Å². The molecule has 0 spiro atoms. The minimum Gasteiger partial charge on any atom is -0.395 e. The number of nitrogens with two attached hydrogens (primary N) is 1. The lowest BCUT2D eigenvalue weighted by Crippen LogP contribution is -2.42. The molecule has 90 valence electrons. The minimum absolute atomic E-state index is 0.0701. The van der Waals surface area contributed by atoms with E-state index in [0.29, 0.717) is 26.2 Å². The van der Waals surface area contributed by atoms with Gasteiger partial charge in [-0.1, -0.05) is 6.92 Å². The van der Waals surface area contributed by atoms with Crippen molar-refractivity contribution in [3.63, 3.8) is 0 Å². The Bertz CT molecular complexity index is 178. The lowest BCUT2D eigenvalue weighted by Gasteiger charge is -2.23. The summed E-state index contributed by atoms with van der Waals surface area (Å²) < 4.78 is 4.94. The molecule has 0 radical (unpaired) electrons. The highest BCUT2D eigenvalue weighted by Gasteiger charge is 2.15. The first kappa shape index (κ1) is 14.3. The Morgan fingerprint density at radius 1 is 1.60 bits per heavy atom. The van der Waals surface area contributed by atoms with E-state index in [2.05, 4.69) is 5.43 Å². The van der Waals surface area contributed by atoms with Gasteiger partial charge in [0.2, 0.25) is 5.91 Å². The summed E-state index contributed by atoms with van der Waals surface area (Å²) in [5, 5.41) is 8.84. The number of methoxy groups -OCH3 is 1. The average Bonchev–Trinajstić information content (AvgIpc) is 2.24. The smallest absolute Gasteiger partial charge is 0.237 e. The van der Waals surface area contributed by atoms with E-state index in [1.54, 1.807) is 14.0 Å². The Hall–Kier alpha value is -0.690. The summed E-state index contributed by atoms with van der Waals surface area (Å²) in [4.78, 5) is 13.1. The molecule has 0 aromatic carbocycles. The number of aliphatic hydroxyl groups excluding tert-OH is 1. The van der Waals surface area contributed by atoms with Crippen molar-refractivity contribution >= 4 is 5.91 Å². The van der Waals surface area contributed by atoms with Crippen molar-refractivity contribution in [3.05, 3.63) is 0 Å². The third-order valence-electron chi connectivity index (χ3n) is 2.15. The molecular weight excluding hydrogens is 198 g/mol. The zero-order valence-corrected chi connectivity index (χ0v) is 9.40. The van der Waals surface area contributed by atoms with Gasteiger partial charge in [0.1, 0.15) is 0 Å². The maximum atomic E-state index is 11.2. The molecular formula is C9H21N3O3. The molecule has 0 aromatic heterocycles. The first-order valence-corrected chi connectivity index (χ1v) is 4.98. The number of rotatable bonds is 8. The fourth-order valence-corrected chi connectivity index (χ4v) is 1.27. The summed E-state index contributed by atoms with van der Waals surface area (Å²) in [5.74, 6) is 4.64. The van der Waals surface area contributed by atoms with Crippen LogP contribution in [0.3, 0.4) is 0 Å². The maximum Gasteiger partial charge on any atom is 0.237 e. The van der Waals surface area contributed by atoms with Gasteiger partial charge in [-0.3, -0.25) is 15.1 Å². The van der Waals surface area contributed by atoms with E-state index in [4.69, 9.17) is 15.7 Å². The molecule has 0 heterocycles. The molecule has 0 aliphatic rings. The van der Waals surface area contributed by atoms with E-state index in [0.717, 1.165) is 0 Å². The molecule has 1 unspecified atom stereocenters. The minimum atomic E-state index is -0.199. The van der Waals surface area contributed by atoms with Crippen LogP contribution in [-0.2, 0) is 9.53 Å². The monoisotopic (exact) mass is 219 g/mol. The van der Waals surface area contributed by atoms with Crippen LogP contribution in [0.25, 0.3) is 0 Å². The summed E-state index contributed by atoms with van der Waals surface area (Å²) in [6, 6.07) is 0. The summed E-state index contributed by atoms with van der Waals surface area (Å²) in [6.07, 6.45) is 0. The normalized spacial score (nSPS) is 12.9. The van der Waals surface area contributed by atoms with E-state index < -0.39 is 0 Å². The summed E-state index contributed by atoms with van der Waals surface area (Å²) in [5.41, 5.74) is 2.11. The standard InChI is InChI=1S/C9H21N3O3/c1-8(9(14)11-10)7-12(3-5-13)4-6-15-2/h8,13H,3-7,10H2,1-2H3,(H,11,14). The number of carbonyl (C=O) groups excluding carboxylic acids is 1. The number of ether oxygens (including phenoxy) is 1. The zero-order chi connectivity index (χ0) is 11.7. The highest BCUT2D eigenvalue weighted by atomic mass is 16.5. The largest absolute Gasteiger partial charge is 0.395 e. The van der Waals surface area contributed by atoms with E-state index in [1.807, 2.05) is 4.90 Å². The van der Waals surface area contributed by atoms with Gasteiger partial charge in [-0.25, -0.2) is 5.84 Å². The van der Waals surface area contributed by atoms with Crippen molar-refractivity contribution in [2.24, 2.45) is 11.8 Å². The Morgan fingerprint density at radius 2 is 2.27 bits per heavy atom. The lowest BCUT2D eigenvalue weighted by atomic mass is 10.1. The molecule has 0 saturated heterocycles. The second-order valence-corrected chi connectivity index (χ2v) is 3.43. The third-order valence-corrected chi connectivity index (χ3v) is 2.15. The average molecular weight is 219 g/mol. The van der Waals surface area contributed by atoms with Crippen LogP contribution in [0.2, 0.25) is 0 Å². The third kappa shape index (κ3) is 6.40. The Labute approximate surface area is 90.3 Å². The Kier molecular flexibility index (Phi) is 8.21. The Morgan fingerprint density at radius 3 is 2.73 bits per heavy atom. The van der Waals surface area contributed by atoms with E-state index >= 15 is 0 Å². The summed E-state index contributed by atoms with van der Waals surface area (Å²) >= 11 is 0. The lowest BCUT2D eigenvalue weighted by molar-refractivity contribution is -0.125.